The maximum atomic E-state index is 11.9. The van der Waals surface area contributed by atoms with E-state index < -0.39 is 0 Å². The van der Waals surface area contributed by atoms with Crippen LogP contribution in [0.25, 0.3) is 0 Å². The summed E-state index contributed by atoms with van der Waals surface area (Å²) in [6, 6.07) is 3.73. The lowest BCUT2D eigenvalue weighted by atomic mass is 9.99. The molecule has 2 heterocycles. The van der Waals surface area contributed by atoms with E-state index in [1.165, 1.54) is 11.3 Å². The molecular weight excluding hydrogens is 232 g/mol. The summed E-state index contributed by atoms with van der Waals surface area (Å²) in [6.07, 6.45) is 1.24. The van der Waals surface area contributed by atoms with Crippen LogP contribution in [0.2, 0.25) is 4.34 Å². The van der Waals surface area contributed by atoms with Gasteiger partial charge < -0.3 is 4.74 Å². The molecule has 1 saturated heterocycles. The molecule has 0 radical (unpaired) electrons. The number of ketones is 1. The van der Waals surface area contributed by atoms with Crippen molar-refractivity contribution in [2.45, 2.75) is 25.9 Å². The van der Waals surface area contributed by atoms with Crippen LogP contribution in [0.4, 0.5) is 0 Å². The van der Waals surface area contributed by atoms with Crippen molar-refractivity contribution in [3.63, 3.8) is 0 Å². The summed E-state index contributed by atoms with van der Waals surface area (Å²) in [5.41, 5.74) is 0. The zero-order chi connectivity index (χ0) is 10.8. The molecule has 1 aliphatic heterocycles. The van der Waals surface area contributed by atoms with Gasteiger partial charge in [0.05, 0.1) is 4.34 Å². The minimum Gasteiger partial charge on any atom is -0.370 e. The highest BCUT2D eigenvalue weighted by molar-refractivity contribution is 7.16. The van der Waals surface area contributed by atoms with E-state index in [1.807, 2.05) is 12.1 Å². The fourth-order valence-electron chi connectivity index (χ4n) is 1.83. The van der Waals surface area contributed by atoms with Crippen LogP contribution < -0.4 is 0 Å². The first-order valence-corrected chi connectivity index (χ1v) is 6.25. The van der Waals surface area contributed by atoms with Gasteiger partial charge in [0.1, 0.15) is 6.10 Å². The molecule has 4 heteroatoms. The summed E-state index contributed by atoms with van der Waals surface area (Å²) >= 11 is 7.27. The number of carbonyl (C=O) groups excluding carboxylic acids is 1. The first kappa shape index (κ1) is 11.1. The topological polar surface area (TPSA) is 26.3 Å². The molecule has 15 heavy (non-hydrogen) atoms. The molecule has 2 atom stereocenters. The third kappa shape index (κ3) is 2.60. The number of thiophene rings is 1. The standard InChI is InChI=1S/C11H13ClO2S/c1-7-4-5-14-11(7)9(13)6-8-2-3-10(12)15-8/h2-3,7,11H,4-6H2,1H3. The average molecular weight is 245 g/mol. The van der Waals surface area contributed by atoms with Crippen molar-refractivity contribution in [3.8, 4) is 0 Å². The van der Waals surface area contributed by atoms with Gasteiger partial charge in [-0.2, -0.15) is 0 Å². The van der Waals surface area contributed by atoms with Crippen molar-refractivity contribution in [2.75, 3.05) is 6.61 Å². The number of rotatable bonds is 3. The maximum absolute atomic E-state index is 11.9. The molecule has 0 bridgehead atoms. The predicted octanol–water partition coefficient (Wildman–Crippen LogP) is 2.94. The van der Waals surface area contributed by atoms with Crippen LogP contribution in [-0.2, 0) is 16.0 Å². The van der Waals surface area contributed by atoms with Crippen molar-refractivity contribution in [2.24, 2.45) is 5.92 Å². The van der Waals surface area contributed by atoms with E-state index in [2.05, 4.69) is 6.92 Å². The van der Waals surface area contributed by atoms with Crippen molar-refractivity contribution in [1.82, 2.24) is 0 Å². The number of Topliss-reactive ketones (excluding diaryl/α,β-unsaturated/α-hetero) is 1. The van der Waals surface area contributed by atoms with Crippen LogP contribution in [0.1, 0.15) is 18.2 Å². The third-order valence-electron chi connectivity index (χ3n) is 2.68. The van der Waals surface area contributed by atoms with Gasteiger partial charge in [-0.1, -0.05) is 18.5 Å². The van der Waals surface area contributed by atoms with E-state index >= 15 is 0 Å². The molecule has 82 valence electrons. The van der Waals surface area contributed by atoms with Gasteiger partial charge in [0.2, 0.25) is 0 Å². The van der Waals surface area contributed by atoms with Gasteiger partial charge in [-0.15, -0.1) is 11.3 Å². The highest BCUT2D eigenvalue weighted by Gasteiger charge is 2.30. The fourth-order valence-corrected chi connectivity index (χ4v) is 2.92. The molecule has 0 aromatic carbocycles. The Morgan fingerprint density at radius 1 is 1.67 bits per heavy atom. The Morgan fingerprint density at radius 2 is 2.47 bits per heavy atom. The molecule has 0 spiro atoms. The second-order valence-corrected chi connectivity index (χ2v) is 5.71. The second-order valence-electron chi connectivity index (χ2n) is 3.91. The monoisotopic (exact) mass is 244 g/mol. The lowest BCUT2D eigenvalue weighted by Crippen LogP contribution is -2.26. The van der Waals surface area contributed by atoms with Gasteiger partial charge in [0.15, 0.2) is 5.78 Å². The Balaban J connectivity index is 1.97. The van der Waals surface area contributed by atoms with Gasteiger partial charge in [-0.05, 0) is 24.5 Å². The van der Waals surface area contributed by atoms with Gasteiger partial charge in [-0.3, -0.25) is 4.79 Å². The highest BCUT2D eigenvalue weighted by Crippen LogP contribution is 2.25. The molecule has 1 aromatic rings. The smallest absolute Gasteiger partial charge is 0.166 e. The molecule has 2 unspecified atom stereocenters. The molecule has 0 saturated carbocycles. The molecule has 0 N–H and O–H groups in total. The van der Waals surface area contributed by atoms with E-state index in [1.54, 1.807) is 0 Å². The van der Waals surface area contributed by atoms with Gasteiger partial charge in [-0.25, -0.2) is 0 Å². The molecule has 2 nitrogen and oxygen atoms in total. The third-order valence-corrected chi connectivity index (χ3v) is 3.91. The highest BCUT2D eigenvalue weighted by atomic mass is 35.5. The number of ether oxygens (including phenoxy) is 1. The second kappa shape index (κ2) is 4.64. The van der Waals surface area contributed by atoms with E-state index in [0.717, 1.165) is 15.6 Å². The Kier molecular flexibility index (Phi) is 3.44. The molecule has 0 aliphatic carbocycles. The van der Waals surface area contributed by atoms with Crippen LogP contribution in [0.5, 0.6) is 0 Å². The van der Waals surface area contributed by atoms with Crippen LogP contribution in [0.3, 0.4) is 0 Å². The van der Waals surface area contributed by atoms with Crippen molar-refractivity contribution in [3.05, 3.63) is 21.3 Å². The van der Waals surface area contributed by atoms with E-state index in [-0.39, 0.29) is 11.9 Å². The van der Waals surface area contributed by atoms with Gasteiger partial charge in [0.25, 0.3) is 0 Å². The lowest BCUT2D eigenvalue weighted by Gasteiger charge is -2.12. The average Bonchev–Trinajstić information content (AvgIpc) is 2.75. The molecular formula is C11H13ClO2S. The number of hydrogen-bond acceptors (Lipinski definition) is 3. The maximum Gasteiger partial charge on any atom is 0.166 e. The Labute approximate surface area is 98.2 Å². The van der Waals surface area contributed by atoms with Crippen LogP contribution >= 0.6 is 22.9 Å². The van der Waals surface area contributed by atoms with Crippen LogP contribution in [-0.4, -0.2) is 18.5 Å². The van der Waals surface area contributed by atoms with Crippen molar-refractivity contribution < 1.29 is 9.53 Å². The quantitative estimate of drug-likeness (QED) is 0.817. The normalized spacial score (nSPS) is 25.7. The summed E-state index contributed by atoms with van der Waals surface area (Å²) in [5, 5.41) is 0. The number of hydrogen-bond donors (Lipinski definition) is 0. The van der Waals surface area contributed by atoms with Gasteiger partial charge in [0, 0.05) is 17.9 Å². The van der Waals surface area contributed by atoms with Crippen LogP contribution in [0, 0.1) is 5.92 Å². The van der Waals surface area contributed by atoms with E-state index in [9.17, 15) is 4.79 Å². The molecule has 1 aromatic heterocycles. The summed E-state index contributed by atoms with van der Waals surface area (Å²) in [6.45, 7) is 2.78. The minimum atomic E-state index is -0.203. The van der Waals surface area contributed by atoms with Crippen molar-refractivity contribution >= 4 is 28.7 Å². The summed E-state index contributed by atoms with van der Waals surface area (Å²) in [5.74, 6) is 0.534. The fraction of sp³-hybridized carbons (Fsp3) is 0.545. The van der Waals surface area contributed by atoms with E-state index in [0.29, 0.717) is 18.9 Å². The predicted molar refractivity (Wildman–Crippen MR) is 61.6 cm³/mol. The molecule has 1 fully saturated rings. The van der Waals surface area contributed by atoms with Gasteiger partial charge >= 0.3 is 0 Å². The lowest BCUT2D eigenvalue weighted by molar-refractivity contribution is -0.128. The Hall–Kier alpha value is -0.380. The van der Waals surface area contributed by atoms with E-state index in [4.69, 9.17) is 16.3 Å². The van der Waals surface area contributed by atoms with Crippen LogP contribution in [0.15, 0.2) is 12.1 Å². The first-order valence-electron chi connectivity index (χ1n) is 5.05. The molecule has 2 rings (SSSR count). The van der Waals surface area contributed by atoms with Crippen molar-refractivity contribution in [1.29, 1.82) is 0 Å². The summed E-state index contributed by atoms with van der Waals surface area (Å²) in [7, 11) is 0. The zero-order valence-corrected chi connectivity index (χ0v) is 10.1. The molecule has 0 amide bonds. The molecule has 1 aliphatic rings. The summed E-state index contributed by atoms with van der Waals surface area (Å²) < 4.78 is 6.16. The number of halogens is 1. The first-order chi connectivity index (χ1) is 7.16. The largest absolute Gasteiger partial charge is 0.370 e. The Bertz CT molecular complexity index is 361. The Morgan fingerprint density at radius 3 is 3.00 bits per heavy atom. The minimum absolute atomic E-state index is 0.179. The SMILES string of the molecule is CC1CCOC1C(=O)Cc1ccc(Cl)s1. The number of carbonyl (C=O) groups is 1. The summed E-state index contributed by atoms with van der Waals surface area (Å²) in [4.78, 5) is 12.9. The zero-order valence-electron chi connectivity index (χ0n) is 8.53.